The summed E-state index contributed by atoms with van der Waals surface area (Å²) in [5.41, 5.74) is 0. The molecule has 84 valence electrons. The van der Waals surface area contributed by atoms with Crippen LogP contribution in [0, 0.1) is 5.92 Å². The zero-order valence-corrected chi connectivity index (χ0v) is 9.20. The quantitative estimate of drug-likeness (QED) is 0.776. The topological polar surface area (TPSA) is 45.4 Å². The van der Waals surface area contributed by atoms with E-state index in [9.17, 15) is 0 Å². The predicted octanol–water partition coefficient (Wildman–Crippen LogP) is 1.70. The number of hydrogen-bond acceptors (Lipinski definition) is 3. The summed E-state index contributed by atoms with van der Waals surface area (Å²) in [6.45, 7) is 3.87. The van der Waals surface area contributed by atoms with Crippen LogP contribution in [0.15, 0.2) is 16.5 Å². The molecule has 3 heteroatoms. The summed E-state index contributed by atoms with van der Waals surface area (Å²) < 4.78 is 5.58. The molecule has 0 spiro atoms. The van der Waals surface area contributed by atoms with E-state index in [-0.39, 0.29) is 6.10 Å². The zero-order valence-electron chi connectivity index (χ0n) is 9.20. The van der Waals surface area contributed by atoms with Gasteiger partial charge in [-0.3, -0.25) is 0 Å². The maximum atomic E-state index is 9.12. The Morgan fingerprint density at radius 3 is 2.73 bits per heavy atom. The van der Waals surface area contributed by atoms with E-state index in [0.717, 1.165) is 43.9 Å². The molecule has 0 saturated heterocycles. The van der Waals surface area contributed by atoms with Crippen LogP contribution in [0.1, 0.15) is 31.3 Å². The van der Waals surface area contributed by atoms with Crippen molar-refractivity contribution in [2.75, 3.05) is 6.54 Å². The van der Waals surface area contributed by atoms with Crippen LogP contribution >= 0.6 is 0 Å². The number of aryl methyl sites for hydroxylation is 1. The van der Waals surface area contributed by atoms with Crippen LogP contribution in [0.4, 0.5) is 0 Å². The average molecular weight is 209 g/mol. The molecule has 0 radical (unpaired) electrons. The maximum absolute atomic E-state index is 9.12. The largest absolute Gasteiger partial charge is 0.465 e. The van der Waals surface area contributed by atoms with Crippen molar-refractivity contribution in [3.63, 3.8) is 0 Å². The van der Waals surface area contributed by atoms with Crippen molar-refractivity contribution in [1.29, 1.82) is 0 Å². The van der Waals surface area contributed by atoms with Crippen LogP contribution < -0.4 is 5.32 Å². The molecule has 0 amide bonds. The van der Waals surface area contributed by atoms with E-state index in [1.54, 1.807) is 0 Å². The molecule has 0 bridgehead atoms. The molecule has 1 aliphatic rings. The van der Waals surface area contributed by atoms with Crippen molar-refractivity contribution in [1.82, 2.24) is 5.32 Å². The normalized spacial score (nSPS) is 25.2. The van der Waals surface area contributed by atoms with Crippen molar-refractivity contribution in [2.45, 2.75) is 38.8 Å². The lowest BCUT2D eigenvalue weighted by molar-refractivity contribution is 0.0428. The van der Waals surface area contributed by atoms with Crippen molar-refractivity contribution >= 4 is 0 Å². The van der Waals surface area contributed by atoms with Crippen molar-refractivity contribution in [3.8, 4) is 0 Å². The van der Waals surface area contributed by atoms with Crippen molar-refractivity contribution < 1.29 is 9.52 Å². The fourth-order valence-corrected chi connectivity index (χ4v) is 1.97. The second kappa shape index (κ2) is 4.81. The van der Waals surface area contributed by atoms with Gasteiger partial charge in [-0.05, 0) is 37.4 Å². The van der Waals surface area contributed by atoms with E-state index in [0.29, 0.717) is 5.92 Å². The summed E-state index contributed by atoms with van der Waals surface area (Å²) in [5, 5.41) is 12.5. The van der Waals surface area contributed by atoms with Crippen molar-refractivity contribution in [2.24, 2.45) is 5.92 Å². The molecule has 0 atom stereocenters. The number of aliphatic hydroxyl groups excluding tert-OH is 1. The van der Waals surface area contributed by atoms with Gasteiger partial charge in [0.2, 0.25) is 0 Å². The molecule has 1 heterocycles. The van der Waals surface area contributed by atoms with Gasteiger partial charge in [-0.25, -0.2) is 0 Å². The van der Waals surface area contributed by atoms with Crippen LogP contribution in [0.3, 0.4) is 0 Å². The lowest BCUT2D eigenvalue weighted by Crippen LogP contribution is -2.35. The summed E-state index contributed by atoms with van der Waals surface area (Å²) in [5.74, 6) is 2.71. The van der Waals surface area contributed by atoms with Gasteiger partial charge < -0.3 is 14.8 Å². The Hall–Kier alpha value is -0.800. The lowest BCUT2D eigenvalue weighted by atomic mass is 9.82. The van der Waals surface area contributed by atoms with Crippen LogP contribution in [-0.4, -0.2) is 17.8 Å². The Balaban J connectivity index is 1.65. The maximum Gasteiger partial charge on any atom is 0.117 e. The second-order valence-electron chi connectivity index (χ2n) is 4.34. The fraction of sp³-hybridized carbons (Fsp3) is 0.667. The smallest absolute Gasteiger partial charge is 0.117 e. The lowest BCUT2D eigenvalue weighted by Gasteiger charge is -2.31. The van der Waals surface area contributed by atoms with E-state index in [2.05, 4.69) is 12.2 Å². The predicted molar refractivity (Wildman–Crippen MR) is 58.5 cm³/mol. The third kappa shape index (κ3) is 2.83. The van der Waals surface area contributed by atoms with Gasteiger partial charge in [0.1, 0.15) is 11.5 Å². The minimum Gasteiger partial charge on any atom is -0.465 e. The summed E-state index contributed by atoms with van der Waals surface area (Å²) in [4.78, 5) is 0. The molecule has 15 heavy (non-hydrogen) atoms. The Morgan fingerprint density at radius 1 is 1.40 bits per heavy atom. The SMILES string of the molecule is CCc1ccc(CNCC2CC(O)C2)o1. The number of aliphatic hydroxyl groups is 1. The highest BCUT2D eigenvalue weighted by Gasteiger charge is 2.26. The van der Waals surface area contributed by atoms with E-state index in [1.807, 2.05) is 12.1 Å². The molecule has 1 fully saturated rings. The number of nitrogens with one attached hydrogen (secondary N) is 1. The first kappa shape index (κ1) is 10.7. The fourth-order valence-electron chi connectivity index (χ4n) is 1.97. The summed E-state index contributed by atoms with van der Waals surface area (Å²) in [6.07, 6.45) is 2.80. The standard InChI is InChI=1S/C12H19NO2/c1-2-11-3-4-12(15-11)8-13-7-9-5-10(14)6-9/h3-4,9-10,13-14H,2,5-8H2,1H3. The Labute approximate surface area is 90.5 Å². The Morgan fingerprint density at radius 2 is 2.13 bits per heavy atom. The third-order valence-corrected chi connectivity index (χ3v) is 3.01. The van der Waals surface area contributed by atoms with E-state index in [4.69, 9.17) is 9.52 Å². The molecule has 1 saturated carbocycles. The van der Waals surface area contributed by atoms with Gasteiger partial charge in [0.05, 0.1) is 12.6 Å². The molecule has 2 N–H and O–H groups in total. The first-order valence-electron chi connectivity index (χ1n) is 5.74. The monoisotopic (exact) mass is 209 g/mol. The molecule has 2 rings (SSSR count). The van der Waals surface area contributed by atoms with Gasteiger partial charge in [0.15, 0.2) is 0 Å². The van der Waals surface area contributed by atoms with Gasteiger partial charge in [0.25, 0.3) is 0 Å². The van der Waals surface area contributed by atoms with Crippen LogP contribution in [0.25, 0.3) is 0 Å². The molecule has 1 aromatic rings. The summed E-state index contributed by atoms with van der Waals surface area (Å²) >= 11 is 0. The van der Waals surface area contributed by atoms with Gasteiger partial charge in [-0.1, -0.05) is 6.92 Å². The van der Waals surface area contributed by atoms with Crippen molar-refractivity contribution in [3.05, 3.63) is 23.7 Å². The molecule has 0 aliphatic heterocycles. The summed E-state index contributed by atoms with van der Waals surface area (Å²) in [7, 11) is 0. The van der Waals surface area contributed by atoms with Crippen LogP contribution in [0.5, 0.6) is 0 Å². The molecule has 1 aliphatic carbocycles. The zero-order chi connectivity index (χ0) is 10.7. The Bertz CT molecular complexity index is 302. The highest BCUT2D eigenvalue weighted by atomic mass is 16.3. The third-order valence-electron chi connectivity index (χ3n) is 3.01. The Kier molecular flexibility index (Phi) is 3.44. The first-order chi connectivity index (χ1) is 7.28. The molecule has 0 aromatic carbocycles. The number of rotatable bonds is 5. The van der Waals surface area contributed by atoms with Gasteiger partial charge >= 0.3 is 0 Å². The second-order valence-corrected chi connectivity index (χ2v) is 4.34. The molecular formula is C12H19NO2. The molecule has 1 aromatic heterocycles. The average Bonchev–Trinajstić information content (AvgIpc) is 2.63. The molecule has 3 nitrogen and oxygen atoms in total. The minimum absolute atomic E-state index is 0.0490. The van der Waals surface area contributed by atoms with Crippen LogP contribution in [0.2, 0.25) is 0 Å². The minimum atomic E-state index is -0.0490. The summed E-state index contributed by atoms with van der Waals surface area (Å²) in [6, 6.07) is 4.06. The number of furan rings is 1. The highest BCUT2D eigenvalue weighted by molar-refractivity contribution is 5.06. The van der Waals surface area contributed by atoms with E-state index in [1.165, 1.54) is 0 Å². The molecular weight excluding hydrogens is 190 g/mol. The number of hydrogen-bond donors (Lipinski definition) is 2. The van der Waals surface area contributed by atoms with Gasteiger partial charge in [-0.15, -0.1) is 0 Å². The first-order valence-corrected chi connectivity index (χ1v) is 5.74. The van der Waals surface area contributed by atoms with Gasteiger partial charge in [-0.2, -0.15) is 0 Å². The highest BCUT2D eigenvalue weighted by Crippen LogP contribution is 2.26. The van der Waals surface area contributed by atoms with Crippen LogP contribution in [-0.2, 0) is 13.0 Å². The van der Waals surface area contributed by atoms with Gasteiger partial charge in [0, 0.05) is 6.42 Å². The van der Waals surface area contributed by atoms with E-state index < -0.39 is 0 Å². The van der Waals surface area contributed by atoms with E-state index >= 15 is 0 Å². The molecule has 0 unspecified atom stereocenters.